The Kier molecular flexibility index (Phi) is 4.69. The van der Waals surface area contributed by atoms with E-state index in [-0.39, 0.29) is 28.1 Å². The Balaban J connectivity index is 2.26. The average Bonchev–Trinajstić information content (AvgIpc) is 2.55. The highest BCUT2D eigenvalue weighted by atomic mass is 19.4. The molecular weight excluding hydrogens is 361 g/mol. The molecule has 3 heterocycles. The maximum absolute atomic E-state index is 13.4. The van der Waals surface area contributed by atoms with Crippen LogP contribution in [0.5, 0.6) is 11.6 Å². The molecule has 3 aromatic heterocycles. The molecule has 0 bridgehead atoms. The molecule has 0 unspecified atom stereocenters. The van der Waals surface area contributed by atoms with Gasteiger partial charge in [-0.3, -0.25) is 4.79 Å². The summed E-state index contributed by atoms with van der Waals surface area (Å²) in [6, 6.07) is 2.55. The normalized spacial score (nSPS) is 11.5. The number of ether oxygens (including phenoxy) is 1. The van der Waals surface area contributed by atoms with Crippen LogP contribution in [0.3, 0.4) is 0 Å². The molecule has 6 nitrogen and oxygen atoms in total. The van der Waals surface area contributed by atoms with Gasteiger partial charge in [0.2, 0.25) is 5.88 Å². The largest absolute Gasteiger partial charge is 0.436 e. The number of aryl methyl sites for hydroxylation is 2. The second-order valence-corrected chi connectivity index (χ2v) is 6.03. The number of aromatic nitrogens is 4. The Hall–Kier alpha value is -3.23. The molecule has 0 radical (unpaired) electrons. The van der Waals surface area contributed by atoms with Crippen LogP contribution >= 0.6 is 0 Å². The van der Waals surface area contributed by atoms with Crippen LogP contribution in [0.25, 0.3) is 11.3 Å². The standard InChI is InChI=1S/C18H15F3N4O2/c1-9-6-23-24-8-15(9)27-17-16(14-5-12(26)4-10(2)25-14)11(3)13(7-22-17)18(19,20)21/h4-8H,1-3H3,(H,25,26). The summed E-state index contributed by atoms with van der Waals surface area (Å²) in [5.41, 5.74) is 0.0265. The summed E-state index contributed by atoms with van der Waals surface area (Å²) in [5.74, 6) is 0.228. The van der Waals surface area contributed by atoms with Crippen molar-refractivity contribution in [3.05, 3.63) is 63.3 Å². The van der Waals surface area contributed by atoms with Gasteiger partial charge in [0.15, 0.2) is 11.2 Å². The van der Waals surface area contributed by atoms with Gasteiger partial charge in [-0.15, -0.1) is 0 Å². The smallest absolute Gasteiger partial charge is 0.418 e. The minimum Gasteiger partial charge on any atom is -0.436 e. The SMILES string of the molecule is Cc1cc(=O)cc(-c2c(Oc3cnncc3C)ncc(C(F)(F)F)c2C)[nH]1. The summed E-state index contributed by atoms with van der Waals surface area (Å²) in [7, 11) is 0. The van der Waals surface area contributed by atoms with E-state index in [0.717, 1.165) is 0 Å². The fourth-order valence-electron chi connectivity index (χ4n) is 2.66. The molecule has 0 spiro atoms. The van der Waals surface area contributed by atoms with Crippen molar-refractivity contribution < 1.29 is 17.9 Å². The first kappa shape index (κ1) is 18.6. The lowest BCUT2D eigenvalue weighted by atomic mass is 10.0. The van der Waals surface area contributed by atoms with Gasteiger partial charge < -0.3 is 9.72 Å². The van der Waals surface area contributed by atoms with Crippen molar-refractivity contribution >= 4 is 0 Å². The van der Waals surface area contributed by atoms with E-state index in [9.17, 15) is 18.0 Å². The van der Waals surface area contributed by atoms with Gasteiger partial charge in [0.1, 0.15) is 0 Å². The fourth-order valence-corrected chi connectivity index (χ4v) is 2.66. The molecule has 9 heteroatoms. The molecule has 1 N–H and O–H groups in total. The molecule has 0 aliphatic rings. The van der Waals surface area contributed by atoms with Gasteiger partial charge in [-0.25, -0.2) is 4.98 Å². The third-order valence-electron chi connectivity index (χ3n) is 3.94. The molecule has 0 saturated carbocycles. The molecule has 0 aliphatic carbocycles. The summed E-state index contributed by atoms with van der Waals surface area (Å²) >= 11 is 0. The van der Waals surface area contributed by atoms with Gasteiger partial charge in [0, 0.05) is 29.6 Å². The molecule has 0 aromatic carbocycles. The highest BCUT2D eigenvalue weighted by Gasteiger charge is 2.35. The van der Waals surface area contributed by atoms with E-state index in [1.54, 1.807) is 13.8 Å². The van der Waals surface area contributed by atoms with Gasteiger partial charge in [-0.05, 0) is 26.3 Å². The minimum atomic E-state index is -4.59. The zero-order chi connectivity index (χ0) is 19.8. The van der Waals surface area contributed by atoms with E-state index < -0.39 is 11.7 Å². The van der Waals surface area contributed by atoms with Crippen molar-refractivity contribution in [2.24, 2.45) is 0 Å². The average molecular weight is 376 g/mol. The summed E-state index contributed by atoms with van der Waals surface area (Å²) in [4.78, 5) is 18.7. The number of alkyl halides is 3. The van der Waals surface area contributed by atoms with E-state index in [4.69, 9.17) is 4.74 Å². The molecule has 0 amide bonds. The highest BCUT2D eigenvalue weighted by molar-refractivity contribution is 5.71. The molecule has 3 rings (SSSR count). The first-order valence-electron chi connectivity index (χ1n) is 7.90. The van der Waals surface area contributed by atoms with Crippen LogP contribution in [-0.4, -0.2) is 20.2 Å². The van der Waals surface area contributed by atoms with Gasteiger partial charge in [-0.1, -0.05) is 0 Å². The Labute approximate surface area is 152 Å². The molecule has 0 saturated heterocycles. The lowest BCUT2D eigenvalue weighted by Crippen LogP contribution is -2.11. The van der Waals surface area contributed by atoms with Crippen molar-refractivity contribution in [3.63, 3.8) is 0 Å². The summed E-state index contributed by atoms with van der Waals surface area (Å²) in [6.07, 6.45) is -1.08. The maximum atomic E-state index is 13.4. The third kappa shape index (κ3) is 3.81. The maximum Gasteiger partial charge on any atom is 0.418 e. The first-order chi connectivity index (χ1) is 12.7. The van der Waals surface area contributed by atoms with Crippen molar-refractivity contribution in [2.75, 3.05) is 0 Å². The van der Waals surface area contributed by atoms with Crippen LogP contribution in [0.4, 0.5) is 13.2 Å². The van der Waals surface area contributed by atoms with E-state index in [0.29, 0.717) is 23.2 Å². The second-order valence-electron chi connectivity index (χ2n) is 6.03. The Bertz CT molecular complexity index is 1060. The first-order valence-corrected chi connectivity index (χ1v) is 7.90. The van der Waals surface area contributed by atoms with Crippen LogP contribution in [0.2, 0.25) is 0 Å². The highest BCUT2D eigenvalue weighted by Crippen LogP contribution is 2.40. The number of hydrogen-bond acceptors (Lipinski definition) is 5. The van der Waals surface area contributed by atoms with Crippen molar-refractivity contribution in [1.82, 2.24) is 20.2 Å². The van der Waals surface area contributed by atoms with Crippen molar-refractivity contribution in [2.45, 2.75) is 26.9 Å². The lowest BCUT2D eigenvalue weighted by Gasteiger charge is -2.18. The van der Waals surface area contributed by atoms with Crippen molar-refractivity contribution in [1.29, 1.82) is 0 Å². The lowest BCUT2D eigenvalue weighted by molar-refractivity contribution is -0.138. The number of H-pyrrole nitrogens is 1. The number of rotatable bonds is 3. The molecule has 27 heavy (non-hydrogen) atoms. The predicted octanol–water partition coefficient (Wildman–Crippen LogP) is 3.96. The van der Waals surface area contributed by atoms with Crippen molar-refractivity contribution in [3.8, 4) is 22.9 Å². The van der Waals surface area contributed by atoms with Crippen LogP contribution in [0, 0.1) is 20.8 Å². The van der Waals surface area contributed by atoms with E-state index in [1.807, 2.05) is 0 Å². The zero-order valence-electron chi connectivity index (χ0n) is 14.7. The van der Waals surface area contributed by atoms with Crippen LogP contribution in [0.1, 0.15) is 22.4 Å². The number of nitrogens with one attached hydrogen (secondary N) is 1. The van der Waals surface area contributed by atoms with Gasteiger partial charge in [-0.2, -0.15) is 23.4 Å². The summed E-state index contributed by atoms with van der Waals surface area (Å²) in [6.45, 7) is 4.67. The number of halogens is 3. The second kappa shape index (κ2) is 6.82. The molecule has 0 atom stereocenters. The fraction of sp³-hybridized carbons (Fsp3) is 0.222. The number of nitrogens with zero attached hydrogens (tertiary/aromatic N) is 3. The Morgan fingerprint density at radius 1 is 1.04 bits per heavy atom. The zero-order valence-corrected chi connectivity index (χ0v) is 14.7. The van der Waals surface area contributed by atoms with Crippen LogP contribution in [0.15, 0.2) is 35.5 Å². The minimum absolute atomic E-state index is 0.0573. The molecule has 140 valence electrons. The monoisotopic (exact) mass is 376 g/mol. The van der Waals surface area contributed by atoms with Gasteiger partial charge in [0.05, 0.1) is 29.2 Å². The van der Waals surface area contributed by atoms with Crippen LogP contribution < -0.4 is 10.2 Å². The number of pyridine rings is 2. The molecular formula is C18H15F3N4O2. The van der Waals surface area contributed by atoms with Crippen LogP contribution in [-0.2, 0) is 6.18 Å². The van der Waals surface area contributed by atoms with E-state index in [1.165, 1.54) is 31.5 Å². The van der Waals surface area contributed by atoms with Gasteiger partial charge in [0.25, 0.3) is 0 Å². The summed E-state index contributed by atoms with van der Waals surface area (Å²) in [5, 5.41) is 7.42. The Morgan fingerprint density at radius 3 is 2.37 bits per heavy atom. The summed E-state index contributed by atoms with van der Waals surface area (Å²) < 4.78 is 45.8. The number of aromatic amines is 1. The number of hydrogen-bond donors (Lipinski definition) is 1. The topological polar surface area (TPSA) is 80.8 Å². The molecule has 0 fully saturated rings. The predicted molar refractivity (Wildman–Crippen MR) is 91.6 cm³/mol. The van der Waals surface area contributed by atoms with Gasteiger partial charge >= 0.3 is 6.18 Å². The Morgan fingerprint density at radius 2 is 1.74 bits per heavy atom. The van der Waals surface area contributed by atoms with E-state index >= 15 is 0 Å². The third-order valence-corrected chi connectivity index (χ3v) is 3.94. The van der Waals surface area contributed by atoms with E-state index in [2.05, 4.69) is 20.2 Å². The molecule has 3 aromatic rings. The molecule has 0 aliphatic heterocycles. The quantitative estimate of drug-likeness (QED) is 0.748.